The summed E-state index contributed by atoms with van der Waals surface area (Å²) in [7, 11) is 0. The molecule has 1 amide bonds. The van der Waals surface area contributed by atoms with E-state index in [-0.39, 0.29) is 17.9 Å². The summed E-state index contributed by atoms with van der Waals surface area (Å²) in [6.07, 6.45) is 0. The first-order valence-electron chi connectivity index (χ1n) is 7.25. The minimum Gasteiger partial charge on any atom is -0.376 e. The van der Waals surface area contributed by atoms with Crippen LogP contribution in [0.15, 0.2) is 48.5 Å². The smallest absolute Gasteiger partial charge is 0.243 e. The second-order valence-corrected chi connectivity index (χ2v) is 6.64. The number of amides is 1. The lowest BCUT2D eigenvalue weighted by Crippen LogP contribution is -2.23. The van der Waals surface area contributed by atoms with Gasteiger partial charge >= 0.3 is 0 Å². The molecule has 4 heteroatoms. The second kappa shape index (κ2) is 6.84. The number of hydrogen-bond acceptors (Lipinski definition) is 2. The van der Waals surface area contributed by atoms with E-state index >= 15 is 0 Å². The fraction of sp³-hybridized carbons (Fsp3) is 0.278. The Morgan fingerprint density at radius 1 is 1.05 bits per heavy atom. The van der Waals surface area contributed by atoms with Gasteiger partial charge in [-0.25, -0.2) is 0 Å². The van der Waals surface area contributed by atoms with Crippen LogP contribution in [0.25, 0.3) is 0 Å². The molecule has 0 fully saturated rings. The first kappa shape index (κ1) is 16.4. The van der Waals surface area contributed by atoms with Crippen molar-refractivity contribution in [2.45, 2.75) is 26.2 Å². The zero-order valence-corrected chi connectivity index (χ0v) is 13.9. The highest BCUT2D eigenvalue weighted by Crippen LogP contribution is 2.29. The molecule has 0 saturated carbocycles. The molecule has 0 spiro atoms. The first-order valence-corrected chi connectivity index (χ1v) is 7.63. The zero-order valence-electron chi connectivity index (χ0n) is 13.1. The predicted octanol–water partition coefficient (Wildman–Crippen LogP) is 4.69. The molecule has 0 saturated heterocycles. The van der Waals surface area contributed by atoms with Crippen LogP contribution in [0.3, 0.4) is 0 Å². The lowest BCUT2D eigenvalue weighted by Gasteiger charge is -2.23. The van der Waals surface area contributed by atoms with Crippen LogP contribution >= 0.6 is 11.6 Å². The average molecular weight is 317 g/mol. The number of anilines is 2. The Bertz CT molecular complexity index is 645. The van der Waals surface area contributed by atoms with E-state index < -0.39 is 0 Å². The predicted molar refractivity (Wildman–Crippen MR) is 93.7 cm³/mol. The van der Waals surface area contributed by atoms with E-state index in [1.165, 1.54) is 5.56 Å². The minimum absolute atomic E-state index is 0.0241. The molecule has 0 radical (unpaired) electrons. The number of carbonyl (C=O) groups excluding carboxylic acids is 1. The van der Waals surface area contributed by atoms with Gasteiger partial charge in [0, 0.05) is 16.4 Å². The standard InChI is InChI=1S/C18H21ClN2O/c1-18(2,3)15-6-4-5-7-16(15)20-12-17(22)21-14-10-8-13(19)9-11-14/h4-11,20H,12H2,1-3H3,(H,21,22). The first-order chi connectivity index (χ1) is 10.4. The van der Waals surface area contributed by atoms with Crippen LogP contribution < -0.4 is 10.6 Å². The SMILES string of the molecule is CC(C)(C)c1ccccc1NCC(=O)Nc1ccc(Cl)cc1. The van der Waals surface area contributed by atoms with Crippen molar-refractivity contribution in [1.29, 1.82) is 0 Å². The summed E-state index contributed by atoms with van der Waals surface area (Å²) < 4.78 is 0. The van der Waals surface area contributed by atoms with E-state index in [2.05, 4.69) is 37.5 Å². The maximum atomic E-state index is 12.0. The Hall–Kier alpha value is -2.00. The number of benzene rings is 2. The van der Waals surface area contributed by atoms with Crippen molar-refractivity contribution in [2.24, 2.45) is 0 Å². The molecule has 0 aliphatic heterocycles. The summed E-state index contributed by atoms with van der Waals surface area (Å²) in [5.74, 6) is -0.0916. The summed E-state index contributed by atoms with van der Waals surface area (Å²) >= 11 is 5.82. The number of para-hydroxylation sites is 1. The van der Waals surface area contributed by atoms with Gasteiger partial charge in [-0.1, -0.05) is 50.6 Å². The zero-order chi connectivity index (χ0) is 16.2. The van der Waals surface area contributed by atoms with Crippen LogP contribution in [0.5, 0.6) is 0 Å². The van der Waals surface area contributed by atoms with Gasteiger partial charge in [0.1, 0.15) is 0 Å². The van der Waals surface area contributed by atoms with Crippen molar-refractivity contribution in [1.82, 2.24) is 0 Å². The summed E-state index contributed by atoms with van der Waals surface area (Å²) in [5.41, 5.74) is 2.94. The van der Waals surface area contributed by atoms with Gasteiger partial charge in [0.05, 0.1) is 6.54 Å². The van der Waals surface area contributed by atoms with Gasteiger partial charge < -0.3 is 10.6 Å². The highest BCUT2D eigenvalue weighted by Gasteiger charge is 2.17. The van der Waals surface area contributed by atoms with Crippen molar-refractivity contribution in [3.05, 3.63) is 59.1 Å². The third-order valence-electron chi connectivity index (χ3n) is 3.30. The monoisotopic (exact) mass is 316 g/mol. The van der Waals surface area contributed by atoms with Crippen LogP contribution in [0, 0.1) is 0 Å². The van der Waals surface area contributed by atoms with Gasteiger partial charge in [-0.3, -0.25) is 4.79 Å². The van der Waals surface area contributed by atoms with E-state index in [1.807, 2.05) is 18.2 Å². The molecular formula is C18H21ClN2O. The molecule has 0 aliphatic rings. The van der Waals surface area contributed by atoms with Crippen molar-refractivity contribution in [2.75, 3.05) is 17.2 Å². The molecule has 3 nitrogen and oxygen atoms in total. The highest BCUT2D eigenvalue weighted by molar-refractivity contribution is 6.30. The molecule has 0 atom stereocenters. The topological polar surface area (TPSA) is 41.1 Å². The number of hydrogen-bond donors (Lipinski definition) is 2. The number of halogens is 1. The number of carbonyl (C=O) groups is 1. The number of rotatable bonds is 4. The molecule has 116 valence electrons. The van der Waals surface area contributed by atoms with Crippen LogP contribution in [0.1, 0.15) is 26.3 Å². The van der Waals surface area contributed by atoms with Crippen molar-refractivity contribution in [3.63, 3.8) is 0 Å². The largest absolute Gasteiger partial charge is 0.376 e. The third kappa shape index (κ3) is 4.50. The normalized spacial score (nSPS) is 11.1. The van der Waals surface area contributed by atoms with Crippen LogP contribution in [0.4, 0.5) is 11.4 Å². The van der Waals surface area contributed by atoms with Gasteiger partial charge in [-0.15, -0.1) is 0 Å². The van der Waals surface area contributed by atoms with E-state index in [0.29, 0.717) is 5.02 Å². The maximum Gasteiger partial charge on any atom is 0.243 e. The molecule has 22 heavy (non-hydrogen) atoms. The van der Waals surface area contributed by atoms with Gasteiger partial charge in [-0.2, -0.15) is 0 Å². The van der Waals surface area contributed by atoms with E-state index in [0.717, 1.165) is 11.4 Å². The van der Waals surface area contributed by atoms with Gasteiger partial charge in [0.2, 0.25) is 5.91 Å². The van der Waals surface area contributed by atoms with Crippen molar-refractivity contribution in [3.8, 4) is 0 Å². The van der Waals surface area contributed by atoms with Crippen LogP contribution in [0.2, 0.25) is 5.02 Å². The third-order valence-corrected chi connectivity index (χ3v) is 3.55. The second-order valence-electron chi connectivity index (χ2n) is 6.20. The molecule has 0 aliphatic carbocycles. The Balaban J connectivity index is 1.98. The van der Waals surface area contributed by atoms with E-state index in [9.17, 15) is 4.79 Å². The van der Waals surface area contributed by atoms with Gasteiger partial charge in [0.25, 0.3) is 0 Å². The minimum atomic E-state index is -0.0916. The quantitative estimate of drug-likeness (QED) is 0.859. The Kier molecular flexibility index (Phi) is 5.09. The van der Waals surface area contributed by atoms with Gasteiger partial charge in [-0.05, 0) is 41.3 Å². The van der Waals surface area contributed by atoms with Gasteiger partial charge in [0.15, 0.2) is 0 Å². The fourth-order valence-electron chi connectivity index (χ4n) is 2.21. The average Bonchev–Trinajstić information content (AvgIpc) is 2.47. The van der Waals surface area contributed by atoms with E-state index in [1.54, 1.807) is 24.3 Å². The molecule has 2 rings (SSSR count). The molecule has 2 aromatic rings. The maximum absolute atomic E-state index is 12.0. The summed E-state index contributed by atoms with van der Waals surface area (Å²) in [4.78, 5) is 12.0. The molecule has 2 aromatic carbocycles. The van der Waals surface area contributed by atoms with Crippen molar-refractivity contribution < 1.29 is 4.79 Å². The molecule has 0 unspecified atom stereocenters. The Morgan fingerprint density at radius 3 is 2.32 bits per heavy atom. The number of nitrogens with one attached hydrogen (secondary N) is 2. The Morgan fingerprint density at radius 2 is 1.68 bits per heavy atom. The molecular weight excluding hydrogens is 296 g/mol. The lowest BCUT2D eigenvalue weighted by atomic mass is 9.86. The summed E-state index contributed by atoms with van der Waals surface area (Å²) in [6, 6.07) is 15.1. The lowest BCUT2D eigenvalue weighted by molar-refractivity contribution is -0.114. The molecule has 0 bridgehead atoms. The summed E-state index contributed by atoms with van der Waals surface area (Å²) in [5, 5.41) is 6.70. The van der Waals surface area contributed by atoms with E-state index in [4.69, 9.17) is 11.6 Å². The fourth-order valence-corrected chi connectivity index (χ4v) is 2.33. The van der Waals surface area contributed by atoms with Crippen LogP contribution in [-0.4, -0.2) is 12.5 Å². The molecule has 2 N–H and O–H groups in total. The molecule has 0 aromatic heterocycles. The summed E-state index contributed by atoms with van der Waals surface area (Å²) in [6.45, 7) is 6.68. The Labute approximate surface area is 136 Å². The molecule has 0 heterocycles. The van der Waals surface area contributed by atoms with Crippen LogP contribution in [-0.2, 0) is 10.2 Å². The highest BCUT2D eigenvalue weighted by atomic mass is 35.5. The van der Waals surface area contributed by atoms with Crippen molar-refractivity contribution >= 4 is 28.9 Å².